The number of H-pyrrole nitrogens is 1. The van der Waals surface area contributed by atoms with Crippen LogP contribution in [0.2, 0.25) is 0 Å². The second-order valence-electron chi connectivity index (χ2n) is 9.99. The van der Waals surface area contributed by atoms with E-state index in [4.69, 9.17) is 9.72 Å². The Morgan fingerprint density at radius 1 is 1.22 bits per heavy atom. The predicted molar refractivity (Wildman–Crippen MR) is 142 cm³/mol. The van der Waals surface area contributed by atoms with E-state index in [-0.39, 0.29) is 11.4 Å². The van der Waals surface area contributed by atoms with Gasteiger partial charge < -0.3 is 35.5 Å². The summed E-state index contributed by atoms with van der Waals surface area (Å²) >= 11 is 0. The number of methoxy groups -OCH3 is 1. The molecule has 0 spiro atoms. The first kappa shape index (κ1) is 23.9. The largest absolute Gasteiger partial charge is 0.494 e. The molecule has 11 nitrogen and oxygen atoms in total. The van der Waals surface area contributed by atoms with Gasteiger partial charge in [0.15, 0.2) is 11.5 Å². The van der Waals surface area contributed by atoms with Gasteiger partial charge in [0.25, 0.3) is 0 Å². The highest BCUT2D eigenvalue weighted by atomic mass is 16.5. The molecule has 3 aromatic rings. The number of likely N-dealkylation sites (N-methyl/N-ethyl adjacent to an activating group) is 2. The van der Waals surface area contributed by atoms with Crippen molar-refractivity contribution in [1.82, 2.24) is 24.8 Å². The van der Waals surface area contributed by atoms with Gasteiger partial charge in [0.1, 0.15) is 11.3 Å². The summed E-state index contributed by atoms with van der Waals surface area (Å²) in [6.45, 7) is 5.19. The third kappa shape index (κ3) is 4.53. The van der Waals surface area contributed by atoms with Crippen LogP contribution in [0.3, 0.4) is 0 Å². The average molecular weight is 492 g/mol. The van der Waals surface area contributed by atoms with Gasteiger partial charge in [0.05, 0.1) is 30.5 Å². The molecule has 36 heavy (non-hydrogen) atoms. The molecule has 190 valence electrons. The number of imidazole rings is 1. The molecular formula is C25H33N9O2. The minimum Gasteiger partial charge on any atom is -0.494 e. The van der Waals surface area contributed by atoms with Gasteiger partial charge in [-0.15, -0.1) is 0 Å². The number of fused-ring (bicyclic) bond motifs is 1. The average Bonchev–Trinajstić information content (AvgIpc) is 3.27. The summed E-state index contributed by atoms with van der Waals surface area (Å²) in [4.78, 5) is 33.3. The normalized spacial score (nSPS) is 19.9. The Balaban J connectivity index is 1.48. The monoisotopic (exact) mass is 491 g/mol. The van der Waals surface area contributed by atoms with E-state index in [1.165, 1.54) is 25.3 Å². The van der Waals surface area contributed by atoms with Gasteiger partial charge in [-0.3, -0.25) is 4.79 Å². The SMILES string of the molecule is C=CC(=O)Nc1cc(Nc2nc(NC34CC(C3)C4)c3[nH]cnc3n2)c(OC)cc1N(C)CCN(C)C. The van der Waals surface area contributed by atoms with Crippen molar-refractivity contribution in [1.29, 1.82) is 0 Å². The quantitative estimate of drug-likeness (QED) is 0.299. The van der Waals surface area contributed by atoms with Crippen molar-refractivity contribution >= 4 is 45.9 Å². The lowest BCUT2D eigenvalue weighted by atomic mass is 9.50. The van der Waals surface area contributed by atoms with Gasteiger partial charge in [0.2, 0.25) is 11.9 Å². The van der Waals surface area contributed by atoms with Gasteiger partial charge in [-0.2, -0.15) is 9.97 Å². The number of hydrogen-bond acceptors (Lipinski definition) is 9. The molecule has 2 bridgehead atoms. The van der Waals surface area contributed by atoms with Gasteiger partial charge in [0, 0.05) is 31.7 Å². The summed E-state index contributed by atoms with van der Waals surface area (Å²) in [6.07, 6.45) is 6.41. The maximum atomic E-state index is 12.2. The highest BCUT2D eigenvalue weighted by molar-refractivity contribution is 6.02. The number of aromatic amines is 1. The van der Waals surface area contributed by atoms with Crippen LogP contribution in [0.1, 0.15) is 19.3 Å². The van der Waals surface area contributed by atoms with Crippen LogP contribution in [0.4, 0.5) is 28.8 Å². The number of nitrogens with one attached hydrogen (secondary N) is 4. The summed E-state index contributed by atoms with van der Waals surface area (Å²) in [5.74, 6) is 2.26. The fourth-order valence-corrected chi connectivity index (χ4v) is 4.89. The number of nitrogens with zero attached hydrogens (tertiary/aromatic N) is 5. The molecule has 3 saturated carbocycles. The summed E-state index contributed by atoms with van der Waals surface area (Å²) < 4.78 is 5.71. The van der Waals surface area contributed by atoms with E-state index in [1.54, 1.807) is 13.4 Å². The number of aromatic nitrogens is 4. The number of anilines is 5. The lowest BCUT2D eigenvalue weighted by molar-refractivity contribution is -0.111. The van der Waals surface area contributed by atoms with E-state index in [0.717, 1.165) is 36.0 Å². The molecule has 6 rings (SSSR count). The number of rotatable bonds is 11. The maximum absolute atomic E-state index is 12.2. The Morgan fingerprint density at radius 3 is 2.64 bits per heavy atom. The van der Waals surface area contributed by atoms with Crippen LogP contribution >= 0.6 is 0 Å². The molecule has 1 amide bonds. The second-order valence-corrected chi connectivity index (χ2v) is 9.99. The van der Waals surface area contributed by atoms with Gasteiger partial charge in [-0.25, -0.2) is 4.98 Å². The van der Waals surface area contributed by atoms with Gasteiger partial charge in [-0.05, 0) is 51.4 Å². The highest BCUT2D eigenvalue weighted by Crippen LogP contribution is 2.58. The zero-order valence-corrected chi connectivity index (χ0v) is 21.2. The molecule has 0 aliphatic heterocycles. The summed E-state index contributed by atoms with van der Waals surface area (Å²) in [6, 6.07) is 3.72. The highest BCUT2D eigenvalue weighted by Gasteiger charge is 2.57. The number of amides is 1. The number of benzene rings is 1. The minimum absolute atomic E-state index is 0.146. The molecule has 3 aliphatic carbocycles. The predicted octanol–water partition coefficient (Wildman–Crippen LogP) is 3.19. The van der Waals surface area contributed by atoms with Crippen molar-refractivity contribution in [3.63, 3.8) is 0 Å². The van der Waals surface area contributed by atoms with Crippen LogP contribution in [-0.2, 0) is 4.79 Å². The van der Waals surface area contributed by atoms with E-state index < -0.39 is 0 Å². The zero-order valence-electron chi connectivity index (χ0n) is 21.2. The van der Waals surface area contributed by atoms with Crippen molar-refractivity contribution in [2.75, 3.05) is 62.2 Å². The van der Waals surface area contributed by atoms with Crippen LogP contribution in [0, 0.1) is 5.92 Å². The first-order chi connectivity index (χ1) is 17.3. The lowest BCUT2D eigenvalue weighted by Crippen LogP contribution is -2.63. The number of carbonyl (C=O) groups is 1. The summed E-state index contributed by atoms with van der Waals surface area (Å²) in [5.41, 5.74) is 3.57. The molecule has 0 unspecified atom stereocenters. The molecule has 2 heterocycles. The number of hydrogen-bond donors (Lipinski definition) is 4. The van der Waals surface area contributed by atoms with Crippen LogP contribution in [0.5, 0.6) is 5.75 Å². The fourth-order valence-electron chi connectivity index (χ4n) is 4.89. The lowest BCUT2D eigenvalue weighted by Gasteiger charge is -2.62. The van der Waals surface area contributed by atoms with Crippen molar-refractivity contribution in [2.45, 2.75) is 24.8 Å². The van der Waals surface area contributed by atoms with E-state index >= 15 is 0 Å². The van der Waals surface area contributed by atoms with E-state index in [9.17, 15) is 4.79 Å². The molecule has 2 aromatic heterocycles. The molecule has 3 aliphatic rings. The van der Waals surface area contributed by atoms with E-state index in [0.29, 0.717) is 28.7 Å². The van der Waals surface area contributed by atoms with E-state index in [2.05, 4.69) is 47.3 Å². The van der Waals surface area contributed by atoms with Crippen LogP contribution in [0.25, 0.3) is 11.2 Å². The fraction of sp³-hybridized carbons (Fsp3) is 0.440. The third-order valence-corrected chi connectivity index (χ3v) is 7.01. The Labute approximate surface area is 210 Å². The maximum Gasteiger partial charge on any atom is 0.247 e. The van der Waals surface area contributed by atoms with Crippen molar-refractivity contribution < 1.29 is 9.53 Å². The number of ether oxygens (including phenoxy) is 1. The summed E-state index contributed by atoms with van der Waals surface area (Å²) in [7, 11) is 7.63. The smallest absolute Gasteiger partial charge is 0.247 e. The first-order valence-corrected chi connectivity index (χ1v) is 12.1. The molecule has 3 fully saturated rings. The van der Waals surface area contributed by atoms with Crippen molar-refractivity contribution in [3.8, 4) is 5.75 Å². The Hall–Kier alpha value is -3.86. The van der Waals surface area contributed by atoms with Crippen LogP contribution in [0.15, 0.2) is 31.1 Å². The molecular weight excluding hydrogens is 458 g/mol. The van der Waals surface area contributed by atoms with Crippen LogP contribution in [-0.4, -0.2) is 77.6 Å². The van der Waals surface area contributed by atoms with Gasteiger partial charge in [-0.1, -0.05) is 6.58 Å². The molecule has 4 N–H and O–H groups in total. The first-order valence-electron chi connectivity index (χ1n) is 12.1. The van der Waals surface area contributed by atoms with Crippen LogP contribution < -0.4 is 25.6 Å². The Bertz CT molecular complexity index is 1290. The Morgan fingerprint density at radius 2 is 2.00 bits per heavy atom. The van der Waals surface area contributed by atoms with Crippen molar-refractivity contribution in [3.05, 3.63) is 31.1 Å². The molecule has 0 atom stereocenters. The second kappa shape index (κ2) is 9.30. The van der Waals surface area contributed by atoms with Gasteiger partial charge >= 0.3 is 0 Å². The standard InChI is InChI=1S/C25H33N9O2/c1-6-20(35)28-16-9-17(19(36-5)10-18(16)34(4)8-7-33(2)3)29-24-30-22-21(26-14-27-22)23(31-24)32-25-11-15(12-25)13-25/h6,9-10,14-15H,1,7-8,11-13H2,2-5H3,(H,28,35)(H3,26,27,29,30,31,32). The molecule has 11 heteroatoms. The third-order valence-electron chi connectivity index (χ3n) is 7.01. The Kier molecular flexibility index (Phi) is 6.17. The molecule has 0 radical (unpaired) electrons. The minimum atomic E-state index is -0.299. The van der Waals surface area contributed by atoms with Crippen molar-refractivity contribution in [2.24, 2.45) is 5.92 Å². The summed E-state index contributed by atoms with van der Waals surface area (Å²) in [5, 5.41) is 9.82. The zero-order chi connectivity index (χ0) is 25.4. The molecule has 0 saturated heterocycles. The molecule has 1 aromatic carbocycles. The topological polar surface area (TPSA) is 123 Å². The number of carbonyl (C=O) groups excluding carboxylic acids is 1. The van der Waals surface area contributed by atoms with E-state index in [1.807, 2.05) is 33.3 Å².